The van der Waals surface area contributed by atoms with Gasteiger partial charge in [0.25, 0.3) is 5.56 Å². The molecule has 3 amide bonds. The number of aromatic nitrogens is 1. The maximum absolute atomic E-state index is 12.9. The zero-order valence-electron chi connectivity index (χ0n) is 18.8. The third-order valence-corrected chi connectivity index (χ3v) is 6.54. The Morgan fingerprint density at radius 2 is 1.88 bits per heavy atom. The third-order valence-electron chi connectivity index (χ3n) is 6.54. The van der Waals surface area contributed by atoms with Crippen molar-refractivity contribution in [2.24, 2.45) is 5.92 Å². The van der Waals surface area contributed by atoms with Crippen molar-refractivity contribution < 1.29 is 9.59 Å². The number of unbranched alkanes of at least 4 members (excludes halogenated alkanes) is 1. The summed E-state index contributed by atoms with van der Waals surface area (Å²) in [5, 5.41) is 5.72. The lowest BCUT2D eigenvalue weighted by atomic mass is 9.83. The van der Waals surface area contributed by atoms with Crippen molar-refractivity contribution in [1.82, 2.24) is 14.8 Å². The van der Waals surface area contributed by atoms with Crippen molar-refractivity contribution in [3.8, 4) is 0 Å². The van der Waals surface area contributed by atoms with Crippen LogP contribution in [0.1, 0.15) is 50.3 Å². The second-order valence-corrected chi connectivity index (χ2v) is 9.06. The van der Waals surface area contributed by atoms with Crippen LogP contribution in [0.4, 0.5) is 10.5 Å². The molecule has 4 rings (SSSR count). The highest BCUT2D eigenvalue weighted by molar-refractivity contribution is 5.96. The number of nitrogens with zero attached hydrogens (tertiary/aromatic N) is 2. The number of fused-ring (bicyclic) bond motifs is 4. The van der Waals surface area contributed by atoms with E-state index < -0.39 is 6.04 Å². The van der Waals surface area contributed by atoms with Crippen LogP contribution in [0.5, 0.6) is 0 Å². The molecule has 0 spiro atoms. The molecule has 1 aromatic heterocycles. The first-order valence-corrected chi connectivity index (χ1v) is 11.6. The highest BCUT2D eigenvalue weighted by Gasteiger charge is 2.36. The fourth-order valence-corrected chi connectivity index (χ4v) is 4.79. The van der Waals surface area contributed by atoms with Crippen LogP contribution < -0.4 is 16.2 Å². The molecule has 2 N–H and O–H groups in total. The number of carbonyl (C=O) groups excluding carboxylic acids is 2. The van der Waals surface area contributed by atoms with E-state index in [1.54, 1.807) is 24.0 Å². The predicted molar refractivity (Wildman–Crippen MR) is 125 cm³/mol. The number of hydrogen-bond acceptors (Lipinski definition) is 3. The van der Waals surface area contributed by atoms with E-state index in [9.17, 15) is 14.4 Å². The number of piperidine rings is 1. The lowest BCUT2D eigenvalue weighted by molar-refractivity contribution is -0.117. The quantitative estimate of drug-likeness (QED) is 0.729. The minimum Gasteiger partial charge on any atom is -0.326 e. The van der Waals surface area contributed by atoms with Gasteiger partial charge in [0.15, 0.2) is 0 Å². The first kappa shape index (κ1) is 22.1. The molecule has 1 aromatic carbocycles. The Labute approximate surface area is 188 Å². The van der Waals surface area contributed by atoms with Crippen LogP contribution in [0.2, 0.25) is 0 Å². The molecule has 7 heteroatoms. The van der Waals surface area contributed by atoms with E-state index in [2.05, 4.69) is 17.6 Å². The molecule has 7 nitrogen and oxygen atoms in total. The van der Waals surface area contributed by atoms with Crippen LogP contribution in [0.15, 0.2) is 47.3 Å². The lowest BCUT2D eigenvalue weighted by Gasteiger charge is -2.42. The second kappa shape index (κ2) is 9.59. The second-order valence-electron chi connectivity index (χ2n) is 9.06. The molecule has 3 atom stereocenters. The first-order chi connectivity index (χ1) is 15.4. The largest absolute Gasteiger partial charge is 0.326 e. The highest BCUT2D eigenvalue weighted by atomic mass is 16.2. The summed E-state index contributed by atoms with van der Waals surface area (Å²) >= 11 is 0. The normalized spacial score (nSPS) is 20.2. The number of rotatable bonds is 6. The van der Waals surface area contributed by atoms with Crippen molar-refractivity contribution in [2.75, 3.05) is 18.4 Å². The zero-order valence-corrected chi connectivity index (χ0v) is 18.8. The predicted octanol–water partition coefficient (Wildman–Crippen LogP) is 3.35. The van der Waals surface area contributed by atoms with Crippen molar-refractivity contribution in [2.45, 2.75) is 58.0 Å². The molecule has 170 valence electrons. The molecule has 2 aliphatic heterocycles. The molecular formula is C25H32N4O3. The van der Waals surface area contributed by atoms with Gasteiger partial charge in [-0.1, -0.05) is 31.5 Å². The van der Waals surface area contributed by atoms with Gasteiger partial charge in [-0.05, 0) is 55.9 Å². The van der Waals surface area contributed by atoms with Gasteiger partial charge in [-0.3, -0.25) is 9.59 Å². The SMILES string of the molecule is CCCCc1ccc(NC(=O)[C@H](C)NC(=O)N2C[C@H]3C[C@@H](C2)c2cccc(=O)n2C3)cc1. The zero-order chi connectivity index (χ0) is 22.7. The first-order valence-electron chi connectivity index (χ1n) is 11.6. The van der Waals surface area contributed by atoms with E-state index in [0.29, 0.717) is 19.6 Å². The number of pyridine rings is 1. The van der Waals surface area contributed by atoms with E-state index in [1.165, 1.54) is 5.56 Å². The minimum atomic E-state index is -0.654. The molecule has 2 bridgehead atoms. The standard InChI is InChI=1S/C25H32N4O3/c1-3-4-6-18-9-11-21(12-10-18)27-24(31)17(2)26-25(32)28-14-19-13-20(16-28)22-7-5-8-23(30)29(22)15-19/h5,7-12,17,19-20H,3-4,6,13-16H2,1-2H3,(H,26,32)(H,27,31)/t17-,19+,20-/m0/s1. The van der Waals surface area contributed by atoms with Crippen LogP contribution in [-0.4, -0.2) is 40.5 Å². The topological polar surface area (TPSA) is 83.4 Å². The number of carbonyl (C=O) groups is 2. The Balaban J connectivity index is 1.33. The Morgan fingerprint density at radius 3 is 2.62 bits per heavy atom. The Morgan fingerprint density at radius 1 is 1.09 bits per heavy atom. The highest BCUT2D eigenvalue weighted by Crippen LogP contribution is 2.34. The van der Waals surface area contributed by atoms with Gasteiger partial charge in [0.1, 0.15) is 6.04 Å². The Hall–Kier alpha value is -3.09. The number of amides is 3. The number of likely N-dealkylation sites (tertiary alicyclic amines) is 1. The fraction of sp³-hybridized carbons (Fsp3) is 0.480. The number of hydrogen-bond donors (Lipinski definition) is 2. The molecule has 1 saturated heterocycles. The van der Waals surface area contributed by atoms with E-state index in [-0.39, 0.29) is 29.3 Å². The summed E-state index contributed by atoms with van der Waals surface area (Å²) in [4.78, 5) is 39.4. The van der Waals surface area contributed by atoms with E-state index in [1.807, 2.05) is 34.9 Å². The number of anilines is 1. The summed E-state index contributed by atoms with van der Waals surface area (Å²) in [5.74, 6) is 0.161. The maximum Gasteiger partial charge on any atom is 0.318 e. The summed E-state index contributed by atoms with van der Waals surface area (Å²) in [6.45, 7) is 5.65. The van der Waals surface area contributed by atoms with Crippen molar-refractivity contribution >= 4 is 17.6 Å². The molecule has 0 radical (unpaired) electrons. The molecule has 3 heterocycles. The molecule has 2 aliphatic rings. The van der Waals surface area contributed by atoms with Crippen molar-refractivity contribution in [1.29, 1.82) is 0 Å². The molecule has 2 aromatic rings. The number of aryl methyl sites for hydroxylation is 1. The third kappa shape index (κ3) is 4.87. The number of nitrogens with one attached hydrogen (secondary N) is 2. The summed E-state index contributed by atoms with van der Waals surface area (Å²) in [7, 11) is 0. The molecule has 1 fully saturated rings. The summed E-state index contributed by atoms with van der Waals surface area (Å²) in [6, 6.07) is 12.3. The maximum atomic E-state index is 12.9. The Bertz CT molecular complexity index is 1030. The lowest BCUT2D eigenvalue weighted by Crippen LogP contribution is -2.54. The smallest absolute Gasteiger partial charge is 0.318 e. The average Bonchev–Trinajstić information content (AvgIpc) is 2.79. The summed E-state index contributed by atoms with van der Waals surface area (Å²) in [5.41, 5.74) is 3.01. The summed E-state index contributed by atoms with van der Waals surface area (Å²) < 4.78 is 1.84. The van der Waals surface area contributed by atoms with Crippen LogP contribution in [0, 0.1) is 5.92 Å². The van der Waals surface area contributed by atoms with E-state index >= 15 is 0 Å². The fourth-order valence-electron chi connectivity index (χ4n) is 4.79. The van der Waals surface area contributed by atoms with Gasteiger partial charge in [0.2, 0.25) is 5.91 Å². The monoisotopic (exact) mass is 436 g/mol. The Kier molecular flexibility index (Phi) is 6.63. The van der Waals surface area contributed by atoms with Crippen LogP contribution >= 0.6 is 0 Å². The number of urea groups is 1. The number of benzene rings is 1. The van der Waals surface area contributed by atoms with Gasteiger partial charge in [-0.25, -0.2) is 4.79 Å². The summed E-state index contributed by atoms with van der Waals surface area (Å²) in [6.07, 6.45) is 4.32. The van der Waals surface area contributed by atoms with Gasteiger partial charge in [0.05, 0.1) is 0 Å². The van der Waals surface area contributed by atoms with Crippen LogP contribution in [-0.2, 0) is 17.8 Å². The molecular weight excluding hydrogens is 404 g/mol. The molecule has 0 unspecified atom stereocenters. The van der Waals surface area contributed by atoms with Gasteiger partial charge in [-0.15, -0.1) is 0 Å². The van der Waals surface area contributed by atoms with Crippen molar-refractivity contribution in [3.05, 3.63) is 64.1 Å². The average molecular weight is 437 g/mol. The molecule has 0 saturated carbocycles. The molecule has 0 aliphatic carbocycles. The minimum absolute atomic E-state index is 0.0267. The van der Waals surface area contributed by atoms with E-state index in [0.717, 1.165) is 37.1 Å². The molecule has 32 heavy (non-hydrogen) atoms. The van der Waals surface area contributed by atoms with Crippen LogP contribution in [0.3, 0.4) is 0 Å². The van der Waals surface area contributed by atoms with Gasteiger partial charge >= 0.3 is 6.03 Å². The van der Waals surface area contributed by atoms with Gasteiger partial charge < -0.3 is 20.1 Å². The van der Waals surface area contributed by atoms with Crippen LogP contribution in [0.25, 0.3) is 0 Å². The van der Waals surface area contributed by atoms with Gasteiger partial charge in [0, 0.05) is 43.0 Å². The van der Waals surface area contributed by atoms with E-state index in [4.69, 9.17) is 0 Å². The van der Waals surface area contributed by atoms with Crippen molar-refractivity contribution in [3.63, 3.8) is 0 Å². The van der Waals surface area contributed by atoms with Gasteiger partial charge in [-0.2, -0.15) is 0 Å².